The van der Waals surface area contributed by atoms with Gasteiger partial charge in [-0.1, -0.05) is 45.0 Å². The molecule has 2 atom stereocenters. The molecule has 0 radical (unpaired) electrons. The molecule has 2 N–H and O–H groups in total. The molecule has 14 heavy (non-hydrogen) atoms. The standard InChI is InChI=1S/C13H19N/c1-4-9-5-7-10(8-6-9)11-12(14)13(11,2)3/h5-8,11-12H,4,14H2,1-3H3/t11-,12-/m0/s1. The first-order valence-electron chi connectivity index (χ1n) is 5.41. The van der Waals surface area contributed by atoms with Crippen molar-refractivity contribution in [3.8, 4) is 0 Å². The maximum absolute atomic E-state index is 6.05. The summed E-state index contributed by atoms with van der Waals surface area (Å²) in [6, 6.07) is 9.25. The Morgan fingerprint density at radius 3 is 2.07 bits per heavy atom. The Kier molecular flexibility index (Phi) is 2.15. The highest BCUT2D eigenvalue weighted by atomic mass is 14.8. The van der Waals surface area contributed by atoms with Gasteiger partial charge in [0.25, 0.3) is 0 Å². The van der Waals surface area contributed by atoms with Gasteiger partial charge in [0, 0.05) is 12.0 Å². The summed E-state index contributed by atoms with van der Waals surface area (Å²) >= 11 is 0. The van der Waals surface area contributed by atoms with Gasteiger partial charge < -0.3 is 5.73 Å². The molecule has 0 aliphatic heterocycles. The minimum absolute atomic E-state index is 0.299. The van der Waals surface area contributed by atoms with Gasteiger partial charge in [0.1, 0.15) is 0 Å². The molecule has 0 aromatic heterocycles. The molecule has 1 nitrogen and oxygen atoms in total. The maximum Gasteiger partial charge on any atom is 0.0172 e. The number of rotatable bonds is 2. The fourth-order valence-corrected chi connectivity index (χ4v) is 2.28. The van der Waals surface area contributed by atoms with Crippen molar-refractivity contribution in [2.24, 2.45) is 11.1 Å². The van der Waals surface area contributed by atoms with Gasteiger partial charge in [-0.25, -0.2) is 0 Å². The third-order valence-corrected chi connectivity index (χ3v) is 3.66. The lowest BCUT2D eigenvalue weighted by molar-refractivity contribution is 0.599. The number of hydrogen-bond donors (Lipinski definition) is 1. The molecule has 0 amide bonds. The Morgan fingerprint density at radius 2 is 1.71 bits per heavy atom. The Morgan fingerprint density at radius 1 is 1.21 bits per heavy atom. The summed E-state index contributed by atoms with van der Waals surface area (Å²) in [6.07, 6.45) is 1.11. The zero-order valence-corrected chi connectivity index (χ0v) is 9.25. The SMILES string of the molecule is CCc1ccc([C@H]2[C@H](N)C2(C)C)cc1. The van der Waals surface area contributed by atoms with Crippen LogP contribution in [0.15, 0.2) is 24.3 Å². The van der Waals surface area contributed by atoms with Crippen molar-refractivity contribution in [2.45, 2.75) is 39.2 Å². The van der Waals surface area contributed by atoms with Gasteiger partial charge in [-0.2, -0.15) is 0 Å². The number of benzene rings is 1. The van der Waals surface area contributed by atoms with Crippen molar-refractivity contribution in [2.75, 3.05) is 0 Å². The largest absolute Gasteiger partial charge is 0.327 e. The van der Waals surface area contributed by atoms with Crippen LogP contribution in [-0.2, 0) is 6.42 Å². The fraction of sp³-hybridized carbons (Fsp3) is 0.538. The van der Waals surface area contributed by atoms with E-state index in [1.54, 1.807) is 0 Å². The first-order chi connectivity index (χ1) is 6.57. The average Bonchev–Trinajstić information content (AvgIpc) is 2.67. The highest BCUT2D eigenvalue weighted by Gasteiger charge is 2.55. The zero-order chi connectivity index (χ0) is 10.3. The molecule has 0 unspecified atom stereocenters. The third kappa shape index (κ3) is 1.36. The van der Waals surface area contributed by atoms with Gasteiger partial charge in [-0.15, -0.1) is 0 Å². The van der Waals surface area contributed by atoms with Crippen LogP contribution in [0.1, 0.15) is 37.8 Å². The van der Waals surface area contributed by atoms with E-state index in [2.05, 4.69) is 45.0 Å². The zero-order valence-electron chi connectivity index (χ0n) is 9.25. The molecule has 1 aliphatic rings. The lowest BCUT2D eigenvalue weighted by atomic mass is 10.0. The normalized spacial score (nSPS) is 28.9. The smallest absolute Gasteiger partial charge is 0.0172 e. The number of hydrogen-bond acceptors (Lipinski definition) is 1. The van der Waals surface area contributed by atoms with Crippen LogP contribution in [0.3, 0.4) is 0 Å². The van der Waals surface area contributed by atoms with Crippen LogP contribution in [0.5, 0.6) is 0 Å². The van der Waals surface area contributed by atoms with Crippen molar-refractivity contribution < 1.29 is 0 Å². The summed E-state index contributed by atoms with van der Waals surface area (Å²) < 4.78 is 0. The first kappa shape index (κ1) is 9.72. The highest BCUT2D eigenvalue weighted by molar-refractivity contribution is 5.35. The average molecular weight is 189 g/mol. The summed E-state index contributed by atoms with van der Waals surface area (Å²) in [7, 11) is 0. The third-order valence-electron chi connectivity index (χ3n) is 3.66. The van der Waals surface area contributed by atoms with Gasteiger partial charge in [0.2, 0.25) is 0 Å². The van der Waals surface area contributed by atoms with Gasteiger partial charge >= 0.3 is 0 Å². The van der Waals surface area contributed by atoms with E-state index >= 15 is 0 Å². The van der Waals surface area contributed by atoms with E-state index in [1.165, 1.54) is 11.1 Å². The Bertz CT molecular complexity index is 324. The summed E-state index contributed by atoms with van der Waals surface area (Å²) in [5.41, 5.74) is 9.15. The van der Waals surface area contributed by atoms with Gasteiger partial charge in [0.15, 0.2) is 0 Å². The molecule has 0 bridgehead atoms. The minimum atomic E-state index is 0.299. The van der Waals surface area contributed by atoms with Gasteiger partial charge in [-0.3, -0.25) is 0 Å². The second-order valence-corrected chi connectivity index (χ2v) is 4.92. The lowest BCUT2D eigenvalue weighted by Crippen LogP contribution is -2.06. The predicted molar refractivity (Wildman–Crippen MR) is 60.3 cm³/mol. The highest BCUT2D eigenvalue weighted by Crippen LogP contribution is 2.57. The molecule has 1 saturated carbocycles. The van der Waals surface area contributed by atoms with E-state index in [0.717, 1.165) is 6.42 Å². The fourth-order valence-electron chi connectivity index (χ4n) is 2.28. The second kappa shape index (κ2) is 3.09. The quantitative estimate of drug-likeness (QED) is 0.760. The molecular weight excluding hydrogens is 170 g/mol. The van der Waals surface area contributed by atoms with E-state index < -0.39 is 0 Å². The van der Waals surface area contributed by atoms with Crippen molar-refractivity contribution >= 4 is 0 Å². The van der Waals surface area contributed by atoms with Crippen LogP contribution in [0.25, 0.3) is 0 Å². The molecule has 1 heteroatoms. The van der Waals surface area contributed by atoms with Crippen molar-refractivity contribution in [3.63, 3.8) is 0 Å². The summed E-state index contributed by atoms with van der Waals surface area (Å²) in [5.74, 6) is 0.563. The molecule has 1 aromatic carbocycles. The molecule has 1 fully saturated rings. The first-order valence-corrected chi connectivity index (χ1v) is 5.41. The van der Waals surface area contributed by atoms with E-state index in [4.69, 9.17) is 5.73 Å². The monoisotopic (exact) mass is 189 g/mol. The molecule has 1 aliphatic carbocycles. The minimum Gasteiger partial charge on any atom is -0.327 e. The van der Waals surface area contributed by atoms with Crippen LogP contribution in [0.4, 0.5) is 0 Å². The lowest BCUT2D eigenvalue weighted by Gasteiger charge is -2.03. The van der Waals surface area contributed by atoms with E-state index in [1.807, 2.05) is 0 Å². The van der Waals surface area contributed by atoms with Crippen molar-refractivity contribution in [3.05, 3.63) is 35.4 Å². The number of nitrogens with two attached hydrogens (primary N) is 1. The summed E-state index contributed by atoms with van der Waals surface area (Å²) in [5, 5.41) is 0. The van der Waals surface area contributed by atoms with Crippen LogP contribution in [0, 0.1) is 5.41 Å². The maximum atomic E-state index is 6.05. The number of aryl methyl sites for hydroxylation is 1. The molecule has 1 aromatic rings. The molecule has 0 spiro atoms. The molecular formula is C13H19N. The molecule has 76 valence electrons. The van der Waals surface area contributed by atoms with Crippen LogP contribution >= 0.6 is 0 Å². The molecule has 0 saturated heterocycles. The van der Waals surface area contributed by atoms with E-state index in [-0.39, 0.29) is 0 Å². The van der Waals surface area contributed by atoms with Crippen molar-refractivity contribution in [1.82, 2.24) is 0 Å². The molecule has 0 heterocycles. The van der Waals surface area contributed by atoms with Crippen molar-refractivity contribution in [1.29, 1.82) is 0 Å². The van der Waals surface area contributed by atoms with Crippen LogP contribution in [-0.4, -0.2) is 6.04 Å². The van der Waals surface area contributed by atoms with E-state index in [0.29, 0.717) is 17.4 Å². The van der Waals surface area contributed by atoms with Crippen LogP contribution < -0.4 is 5.73 Å². The Hall–Kier alpha value is -0.820. The second-order valence-electron chi connectivity index (χ2n) is 4.92. The Labute approximate surface area is 86.3 Å². The van der Waals surface area contributed by atoms with Gasteiger partial charge in [-0.05, 0) is 23.0 Å². The topological polar surface area (TPSA) is 26.0 Å². The van der Waals surface area contributed by atoms with Crippen LogP contribution in [0.2, 0.25) is 0 Å². The summed E-state index contributed by atoms with van der Waals surface area (Å²) in [6.45, 7) is 6.67. The summed E-state index contributed by atoms with van der Waals surface area (Å²) in [4.78, 5) is 0. The Balaban J connectivity index is 2.20. The van der Waals surface area contributed by atoms with Gasteiger partial charge in [0.05, 0.1) is 0 Å². The molecule has 2 rings (SSSR count). The van der Waals surface area contributed by atoms with E-state index in [9.17, 15) is 0 Å². The predicted octanol–water partition coefficient (Wildman–Crippen LogP) is 2.70.